The summed E-state index contributed by atoms with van der Waals surface area (Å²) in [6.45, 7) is 4.70. The molecule has 7 nitrogen and oxygen atoms in total. The minimum absolute atomic E-state index is 0. The first-order valence-corrected chi connectivity index (χ1v) is 10.8. The Bertz CT molecular complexity index is 488. The van der Waals surface area contributed by atoms with E-state index in [1.807, 2.05) is 11.9 Å². The first-order valence-electron chi connectivity index (χ1n) is 9.08. The number of nitrogens with zero attached hydrogens (tertiary/aromatic N) is 1. The van der Waals surface area contributed by atoms with Gasteiger partial charge in [0.15, 0.2) is 0 Å². The number of likely N-dealkylation sites (N-methyl/N-ethyl adjacent to an activating group) is 1. The van der Waals surface area contributed by atoms with Gasteiger partial charge in [-0.2, -0.15) is 0 Å². The van der Waals surface area contributed by atoms with Crippen LogP contribution in [0.2, 0.25) is 0 Å². The Hall–Kier alpha value is 0.200. The van der Waals surface area contributed by atoms with Crippen LogP contribution in [0.5, 0.6) is 0 Å². The van der Waals surface area contributed by atoms with E-state index in [-0.39, 0.29) is 24.4 Å². The van der Waals surface area contributed by atoms with E-state index in [4.69, 9.17) is 16.3 Å². The number of rotatable bonds is 6. The van der Waals surface area contributed by atoms with Crippen molar-refractivity contribution < 1.29 is 24.9 Å². The Kier molecular flexibility index (Phi) is 10.1. The van der Waals surface area contributed by atoms with Crippen LogP contribution >= 0.6 is 35.8 Å². The van der Waals surface area contributed by atoms with Gasteiger partial charge in [0.25, 0.3) is 0 Å². The van der Waals surface area contributed by atoms with Crippen molar-refractivity contribution in [1.82, 2.24) is 10.2 Å². The van der Waals surface area contributed by atoms with Crippen LogP contribution in [0.15, 0.2) is 0 Å². The SMILES string of the molecule is CC[C@@H]1C[C@@H](C(=O)N[C@@H]([C@H]2O[C@H](SC)[C@H](O)[C@@H](O)[C@H]2O)[C@H](C)Cl)N(C)C1.Cl. The largest absolute Gasteiger partial charge is 0.388 e. The molecular weight excluding hydrogens is 415 g/mol. The number of aliphatic hydroxyl groups is 3. The molecule has 160 valence electrons. The van der Waals surface area contributed by atoms with Crippen molar-refractivity contribution in [2.45, 2.75) is 74.0 Å². The molecule has 2 saturated heterocycles. The number of alkyl halides is 1. The van der Waals surface area contributed by atoms with E-state index in [1.54, 1.807) is 13.2 Å². The molecular formula is C17H32Cl2N2O5S. The zero-order chi connectivity index (χ0) is 19.6. The van der Waals surface area contributed by atoms with Crippen molar-refractivity contribution in [2.24, 2.45) is 5.92 Å². The number of hydrogen-bond acceptors (Lipinski definition) is 7. The summed E-state index contributed by atoms with van der Waals surface area (Å²) in [6.07, 6.45) is -1.27. The molecule has 0 unspecified atom stereocenters. The molecule has 1 amide bonds. The molecule has 0 aliphatic carbocycles. The highest BCUT2D eigenvalue weighted by molar-refractivity contribution is 7.99. The van der Waals surface area contributed by atoms with E-state index in [9.17, 15) is 20.1 Å². The smallest absolute Gasteiger partial charge is 0.237 e. The number of amides is 1. The van der Waals surface area contributed by atoms with Crippen molar-refractivity contribution in [3.05, 3.63) is 0 Å². The van der Waals surface area contributed by atoms with E-state index in [1.165, 1.54) is 11.8 Å². The van der Waals surface area contributed by atoms with E-state index in [2.05, 4.69) is 12.2 Å². The topological polar surface area (TPSA) is 102 Å². The summed E-state index contributed by atoms with van der Waals surface area (Å²) >= 11 is 7.52. The second-order valence-corrected chi connectivity index (χ2v) is 8.98. The molecule has 2 rings (SSSR count). The highest BCUT2D eigenvalue weighted by Crippen LogP contribution is 2.31. The average Bonchev–Trinajstić information content (AvgIpc) is 2.99. The first-order chi connectivity index (χ1) is 12.2. The first kappa shape index (κ1) is 25.2. The van der Waals surface area contributed by atoms with Gasteiger partial charge in [-0.1, -0.05) is 13.3 Å². The van der Waals surface area contributed by atoms with Crippen LogP contribution in [0, 0.1) is 5.92 Å². The molecule has 4 N–H and O–H groups in total. The van der Waals surface area contributed by atoms with Crippen LogP contribution in [0.1, 0.15) is 26.7 Å². The number of nitrogens with one attached hydrogen (secondary N) is 1. The molecule has 0 radical (unpaired) electrons. The van der Waals surface area contributed by atoms with Crippen LogP contribution in [0.4, 0.5) is 0 Å². The zero-order valence-corrected chi connectivity index (χ0v) is 18.5. The number of halogens is 2. The molecule has 0 aromatic heterocycles. The summed E-state index contributed by atoms with van der Waals surface area (Å²) in [5.41, 5.74) is -0.702. The van der Waals surface area contributed by atoms with Gasteiger partial charge in [0.2, 0.25) is 5.91 Å². The Morgan fingerprint density at radius 3 is 2.44 bits per heavy atom. The van der Waals surface area contributed by atoms with E-state index < -0.39 is 41.3 Å². The lowest BCUT2D eigenvalue weighted by molar-refractivity contribution is -0.205. The number of aliphatic hydroxyl groups excluding tert-OH is 3. The summed E-state index contributed by atoms with van der Waals surface area (Å²) in [5, 5.41) is 32.9. The maximum Gasteiger partial charge on any atom is 0.237 e. The highest BCUT2D eigenvalue weighted by Gasteiger charge is 2.48. The third-order valence-electron chi connectivity index (χ3n) is 5.51. The number of carbonyl (C=O) groups is 1. The summed E-state index contributed by atoms with van der Waals surface area (Å²) < 4.78 is 5.78. The third-order valence-corrected chi connectivity index (χ3v) is 6.64. The quantitative estimate of drug-likeness (QED) is 0.438. The molecule has 2 aliphatic rings. The molecule has 2 heterocycles. The molecule has 0 spiro atoms. The second kappa shape index (κ2) is 10.8. The minimum atomic E-state index is -1.36. The van der Waals surface area contributed by atoms with E-state index in [0.29, 0.717) is 5.92 Å². The van der Waals surface area contributed by atoms with Crippen molar-refractivity contribution in [3.8, 4) is 0 Å². The number of carbonyl (C=O) groups excluding carboxylic acids is 1. The predicted octanol–water partition coefficient (Wildman–Crippen LogP) is 0.421. The van der Waals surface area contributed by atoms with Gasteiger partial charge in [0, 0.05) is 6.54 Å². The molecule has 10 heteroatoms. The van der Waals surface area contributed by atoms with Gasteiger partial charge in [-0.3, -0.25) is 9.69 Å². The Balaban J connectivity index is 0.00000364. The monoisotopic (exact) mass is 446 g/mol. The van der Waals surface area contributed by atoms with E-state index >= 15 is 0 Å². The summed E-state index contributed by atoms with van der Waals surface area (Å²) in [5.74, 6) is 0.329. The fourth-order valence-corrected chi connectivity index (χ4v) is 4.68. The van der Waals surface area contributed by atoms with Gasteiger partial charge >= 0.3 is 0 Å². The molecule has 2 aliphatic heterocycles. The summed E-state index contributed by atoms with van der Waals surface area (Å²) in [4.78, 5) is 14.8. The lowest BCUT2D eigenvalue weighted by Crippen LogP contribution is -2.65. The summed E-state index contributed by atoms with van der Waals surface area (Å²) in [7, 11) is 1.93. The maximum atomic E-state index is 12.8. The summed E-state index contributed by atoms with van der Waals surface area (Å²) in [6, 6.07) is -0.935. The number of likely N-dealkylation sites (tertiary alicyclic amines) is 1. The molecule has 27 heavy (non-hydrogen) atoms. The maximum absolute atomic E-state index is 12.8. The van der Waals surface area contributed by atoms with Crippen LogP contribution < -0.4 is 5.32 Å². The second-order valence-electron chi connectivity index (χ2n) is 7.35. The van der Waals surface area contributed by atoms with Crippen LogP contribution in [0.3, 0.4) is 0 Å². The van der Waals surface area contributed by atoms with Gasteiger partial charge in [-0.05, 0) is 32.6 Å². The minimum Gasteiger partial charge on any atom is -0.388 e. The third kappa shape index (κ3) is 5.63. The molecule has 0 aromatic rings. The van der Waals surface area contributed by atoms with Crippen molar-refractivity contribution >= 4 is 41.7 Å². The molecule has 9 atom stereocenters. The fourth-order valence-electron chi connectivity index (χ4n) is 3.79. The Morgan fingerprint density at radius 2 is 1.96 bits per heavy atom. The van der Waals surface area contributed by atoms with Crippen LogP contribution in [-0.2, 0) is 9.53 Å². The Morgan fingerprint density at radius 1 is 1.33 bits per heavy atom. The molecule has 0 saturated carbocycles. The molecule has 2 fully saturated rings. The van der Waals surface area contributed by atoms with Gasteiger partial charge in [-0.15, -0.1) is 35.8 Å². The number of ether oxygens (including phenoxy) is 1. The van der Waals surface area contributed by atoms with Gasteiger partial charge in [-0.25, -0.2) is 0 Å². The van der Waals surface area contributed by atoms with Crippen LogP contribution in [0.25, 0.3) is 0 Å². The normalized spacial score (nSPS) is 39.5. The molecule has 0 aromatic carbocycles. The van der Waals surface area contributed by atoms with Crippen molar-refractivity contribution in [3.63, 3.8) is 0 Å². The lowest BCUT2D eigenvalue weighted by Gasteiger charge is -2.44. The fraction of sp³-hybridized carbons (Fsp3) is 0.941. The van der Waals surface area contributed by atoms with Crippen molar-refractivity contribution in [2.75, 3.05) is 19.8 Å². The molecule has 0 bridgehead atoms. The van der Waals surface area contributed by atoms with Gasteiger partial charge < -0.3 is 25.4 Å². The number of hydrogen-bond donors (Lipinski definition) is 4. The van der Waals surface area contributed by atoms with E-state index in [0.717, 1.165) is 19.4 Å². The van der Waals surface area contributed by atoms with Crippen LogP contribution in [-0.4, -0.2) is 93.3 Å². The zero-order valence-electron chi connectivity index (χ0n) is 16.1. The lowest BCUT2D eigenvalue weighted by atomic mass is 9.92. The average molecular weight is 447 g/mol. The Labute approximate surface area is 176 Å². The number of thioether (sulfide) groups is 1. The van der Waals surface area contributed by atoms with Gasteiger partial charge in [0.05, 0.1) is 17.5 Å². The van der Waals surface area contributed by atoms with Gasteiger partial charge in [0.1, 0.15) is 29.9 Å². The standard InChI is InChI=1S/C17H31ClN2O5S.ClH/c1-5-9-6-10(20(3)7-9)16(24)19-11(8(2)18)15-13(22)12(21)14(23)17(25-15)26-4;/h8-15,17,21-23H,5-7H2,1-4H3,(H,19,24);1H/t8-,9+,10-,11+,12-,13+,14+,15+,17+;/m0./s1. The highest BCUT2D eigenvalue weighted by atomic mass is 35.5. The predicted molar refractivity (Wildman–Crippen MR) is 110 cm³/mol. The van der Waals surface area contributed by atoms with Crippen molar-refractivity contribution in [1.29, 1.82) is 0 Å².